The highest BCUT2D eigenvalue weighted by Gasteiger charge is 2.25. The van der Waals surface area contributed by atoms with Gasteiger partial charge in [-0.1, -0.05) is 38.5 Å². The molecule has 0 aromatic heterocycles. The molecular weight excluding hydrogens is 224 g/mol. The third-order valence-electron chi connectivity index (χ3n) is 3.12. The fourth-order valence-electron chi connectivity index (χ4n) is 1.83. The number of hydrogen-bond acceptors (Lipinski definition) is 2. The lowest BCUT2D eigenvalue weighted by Crippen LogP contribution is -2.44. The molecule has 0 radical (unpaired) electrons. The highest BCUT2D eigenvalue weighted by atomic mass is 16.1. The average Bonchev–Trinajstić information content (AvgIpc) is 2.28. The average molecular weight is 248 g/mol. The van der Waals surface area contributed by atoms with Crippen LogP contribution < -0.4 is 11.1 Å². The molecule has 1 amide bonds. The summed E-state index contributed by atoms with van der Waals surface area (Å²) in [5, 5.41) is 3.07. The van der Waals surface area contributed by atoms with Crippen LogP contribution in [0.2, 0.25) is 0 Å². The number of carbonyl (C=O) groups is 1. The van der Waals surface area contributed by atoms with Crippen molar-refractivity contribution in [3.05, 3.63) is 35.4 Å². The van der Waals surface area contributed by atoms with Crippen LogP contribution in [0.1, 0.15) is 43.1 Å². The lowest BCUT2D eigenvalue weighted by atomic mass is 9.84. The summed E-state index contributed by atoms with van der Waals surface area (Å²) < 4.78 is 0. The van der Waals surface area contributed by atoms with E-state index in [9.17, 15) is 4.79 Å². The van der Waals surface area contributed by atoms with E-state index >= 15 is 0 Å². The van der Waals surface area contributed by atoms with Crippen molar-refractivity contribution in [2.45, 2.75) is 40.2 Å². The van der Waals surface area contributed by atoms with Gasteiger partial charge in [-0.15, -0.1) is 0 Å². The standard InChI is InChI=1S/C15H24N2O/c1-11-5-7-12(8-6-11)14(18)17-13(9-10-16)15(2,3)4/h5-8,13H,9-10,16H2,1-4H3,(H,17,18). The lowest BCUT2D eigenvalue weighted by Gasteiger charge is -2.31. The van der Waals surface area contributed by atoms with Gasteiger partial charge in [0.2, 0.25) is 0 Å². The van der Waals surface area contributed by atoms with Gasteiger partial charge in [-0.05, 0) is 37.4 Å². The lowest BCUT2D eigenvalue weighted by molar-refractivity contribution is 0.0899. The Bertz CT molecular complexity index is 390. The Morgan fingerprint density at radius 3 is 2.28 bits per heavy atom. The van der Waals surface area contributed by atoms with Crippen LogP contribution in [-0.4, -0.2) is 18.5 Å². The largest absolute Gasteiger partial charge is 0.349 e. The van der Waals surface area contributed by atoms with E-state index in [1.54, 1.807) is 0 Å². The smallest absolute Gasteiger partial charge is 0.251 e. The second-order valence-corrected chi connectivity index (χ2v) is 5.84. The monoisotopic (exact) mass is 248 g/mol. The fraction of sp³-hybridized carbons (Fsp3) is 0.533. The maximum Gasteiger partial charge on any atom is 0.251 e. The molecule has 1 aromatic rings. The summed E-state index contributed by atoms with van der Waals surface area (Å²) in [5.74, 6) is -0.0247. The number of nitrogens with two attached hydrogens (primary N) is 1. The van der Waals surface area contributed by atoms with Gasteiger partial charge < -0.3 is 11.1 Å². The number of hydrogen-bond donors (Lipinski definition) is 2. The topological polar surface area (TPSA) is 55.1 Å². The Balaban J connectivity index is 2.75. The Morgan fingerprint density at radius 2 is 1.83 bits per heavy atom. The first-order valence-electron chi connectivity index (χ1n) is 6.42. The Morgan fingerprint density at radius 1 is 1.28 bits per heavy atom. The number of benzene rings is 1. The Kier molecular flexibility index (Phi) is 4.91. The van der Waals surface area contributed by atoms with Gasteiger partial charge in [-0.2, -0.15) is 0 Å². The van der Waals surface area contributed by atoms with Crippen molar-refractivity contribution < 1.29 is 4.79 Å². The quantitative estimate of drug-likeness (QED) is 0.860. The minimum atomic E-state index is -0.0247. The van der Waals surface area contributed by atoms with Crippen LogP contribution in [0.25, 0.3) is 0 Å². The molecule has 1 rings (SSSR count). The van der Waals surface area contributed by atoms with E-state index in [0.717, 1.165) is 12.0 Å². The molecule has 18 heavy (non-hydrogen) atoms. The molecule has 3 N–H and O–H groups in total. The Labute approximate surface area is 110 Å². The van der Waals surface area contributed by atoms with E-state index in [4.69, 9.17) is 5.73 Å². The molecule has 1 atom stereocenters. The summed E-state index contributed by atoms with van der Waals surface area (Å²) in [6.07, 6.45) is 0.793. The molecule has 0 heterocycles. The molecule has 0 fully saturated rings. The summed E-state index contributed by atoms with van der Waals surface area (Å²) in [6.45, 7) is 8.93. The molecule has 0 bridgehead atoms. The van der Waals surface area contributed by atoms with Crippen molar-refractivity contribution >= 4 is 5.91 Å². The first-order valence-corrected chi connectivity index (χ1v) is 6.42. The zero-order chi connectivity index (χ0) is 13.8. The van der Waals surface area contributed by atoms with E-state index in [0.29, 0.717) is 12.1 Å². The normalized spacial score (nSPS) is 13.2. The van der Waals surface area contributed by atoms with E-state index < -0.39 is 0 Å². The zero-order valence-corrected chi connectivity index (χ0v) is 11.8. The fourth-order valence-corrected chi connectivity index (χ4v) is 1.83. The molecule has 0 spiro atoms. The highest BCUT2D eigenvalue weighted by Crippen LogP contribution is 2.21. The maximum absolute atomic E-state index is 12.1. The molecule has 0 aliphatic carbocycles. The first kappa shape index (κ1) is 14.7. The predicted octanol–water partition coefficient (Wildman–Crippen LogP) is 2.49. The van der Waals surface area contributed by atoms with Crippen molar-refractivity contribution in [1.82, 2.24) is 5.32 Å². The second-order valence-electron chi connectivity index (χ2n) is 5.84. The third-order valence-corrected chi connectivity index (χ3v) is 3.12. The minimum absolute atomic E-state index is 0.0136. The minimum Gasteiger partial charge on any atom is -0.349 e. The van der Waals surface area contributed by atoms with Crippen molar-refractivity contribution in [2.75, 3.05) is 6.54 Å². The van der Waals surface area contributed by atoms with Crippen LogP contribution in [0.15, 0.2) is 24.3 Å². The van der Waals surface area contributed by atoms with Crippen molar-refractivity contribution in [3.63, 3.8) is 0 Å². The SMILES string of the molecule is Cc1ccc(C(=O)NC(CCN)C(C)(C)C)cc1. The van der Waals surface area contributed by atoms with E-state index in [1.807, 2.05) is 31.2 Å². The van der Waals surface area contributed by atoms with Gasteiger partial charge in [0.25, 0.3) is 5.91 Å². The molecule has 1 aromatic carbocycles. The van der Waals surface area contributed by atoms with Crippen LogP contribution in [0, 0.1) is 12.3 Å². The molecule has 0 saturated heterocycles. The van der Waals surface area contributed by atoms with Gasteiger partial charge in [-0.3, -0.25) is 4.79 Å². The summed E-state index contributed by atoms with van der Waals surface area (Å²) in [7, 11) is 0. The predicted molar refractivity (Wildman–Crippen MR) is 75.6 cm³/mol. The summed E-state index contributed by atoms with van der Waals surface area (Å²) in [5.41, 5.74) is 7.48. The molecular formula is C15H24N2O. The first-order chi connectivity index (χ1) is 8.34. The van der Waals surface area contributed by atoms with Crippen LogP contribution in [-0.2, 0) is 0 Å². The van der Waals surface area contributed by atoms with Crippen LogP contribution in [0.3, 0.4) is 0 Å². The van der Waals surface area contributed by atoms with Crippen LogP contribution in [0.4, 0.5) is 0 Å². The van der Waals surface area contributed by atoms with Gasteiger partial charge in [0.15, 0.2) is 0 Å². The number of aryl methyl sites for hydroxylation is 1. The molecule has 0 aliphatic rings. The summed E-state index contributed by atoms with van der Waals surface area (Å²) in [6, 6.07) is 7.70. The molecule has 100 valence electrons. The van der Waals surface area contributed by atoms with Gasteiger partial charge in [-0.25, -0.2) is 0 Å². The highest BCUT2D eigenvalue weighted by molar-refractivity contribution is 5.94. The van der Waals surface area contributed by atoms with Crippen molar-refractivity contribution in [3.8, 4) is 0 Å². The van der Waals surface area contributed by atoms with E-state index in [2.05, 4.69) is 26.1 Å². The number of amides is 1. The maximum atomic E-state index is 12.1. The summed E-state index contributed by atoms with van der Waals surface area (Å²) in [4.78, 5) is 12.1. The molecule has 1 unspecified atom stereocenters. The van der Waals surface area contributed by atoms with Crippen molar-refractivity contribution in [2.24, 2.45) is 11.1 Å². The molecule has 3 nitrogen and oxygen atoms in total. The number of nitrogens with one attached hydrogen (secondary N) is 1. The van der Waals surface area contributed by atoms with Gasteiger partial charge in [0.05, 0.1) is 0 Å². The number of rotatable bonds is 4. The number of carbonyl (C=O) groups excluding carboxylic acids is 1. The van der Waals surface area contributed by atoms with Crippen LogP contribution in [0.5, 0.6) is 0 Å². The summed E-state index contributed by atoms with van der Waals surface area (Å²) >= 11 is 0. The second kappa shape index (κ2) is 6.01. The van der Waals surface area contributed by atoms with Gasteiger partial charge in [0, 0.05) is 11.6 Å². The molecule has 0 saturated carbocycles. The molecule has 3 heteroatoms. The third kappa shape index (κ3) is 4.15. The van der Waals surface area contributed by atoms with Crippen molar-refractivity contribution in [1.29, 1.82) is 0 Å². The molecule has 0 aliphatic heterocycles. The zero-order valence-electron chi connectivity index (χ0n) is 11.8. The van der Waals surface area contributed by atoms with Gasteiger partial charge in [0.1, 0.15) is 0 Å². The van der Waals surface area contributed by atoms with Gasteiger partial charge >= 0.3 is 0 Å². The van der Waals surface area contributed by atoms with Crippen LogP contribution >= 0.6 is 0 Å². The van der Waals surface area contributed by atoms with E-state index in [1.165, 1.54) is 0 Å². The Hall–Kier alpha value is -1.35. The van der Waals surface area contributed by atoms with E-state index in [-0.39, 0.29) is 17.4 Å².